The van der Waals surface area contributed by atoms with Gasteiger partial charge in [0.05, 0.1) is 18.8 Å². The maximum Gasteiger partial charge on any atom is 0.321 e. The van der Waals surface area contributed by atoms with E-state index in [1.54, 1.807) is 14.0 Å². The summed E-state index contributed by atoms with van der Waals surface area (Å²) in [6.45, 7) is 7.16. The molecule has 2 aromatic rings. The summed E-state index contributed by atoms with van der Waals surface area (Å²) >= 11 is 1.10. The zero-order valence-electron chi connectivity index (χ0n) is 16.0. The van der Waals surface area contributed by atoms with Crippen LogP contribution in [0.25, 0.3) is 0 Å². The van der Waals surface area contributed by atoms with Gasteiger partial charge in [0.15, 0.2) is 0 Å². The molecule has 146 valence electrons. The van der Waals surface area contributed by atoms with Gasteiger partial charge in [-0.05, 0) is 45.4 Å². The molecular formula is C18H24N4O4S. The largest absolute Gasteiger partial charge is 0.497 e. The minimum atomic E-state index is -0.565. The highest BCUT2D eigenvalue weighted by atomic mass is 32.2. The minimum Gasteiger partial charge on any atom is -0.497 e. The SMILES string of the molecule is COc1ccc(Cc2nnc(S[C@H](C)C(=O)NC(=O)NC(C)(C)C)o2)cc1. The third-order valence-electron chi connectivity index (χ3n) is 3.33. The lowest BCUT2D eigenvalue weighted by Crippen LogP contribution is -2.49. The average molecular weight is 392 g/mol. The van der Waals surface area contributed by atoms with Crippen LogP contribution in [-0.4, -0.2) is 40.0 Å². The third-order valence-corrected chi connectivity index (χ3v) is 4.27. The molecule has 0 aliphatic rings. The van der Waals surface area contributed by atoms with E-state index in [9.17, 15) is 9.59 Å². The Morgan fingerprint density at radius 3 is 2.48 bits per heavy atom. The monoisotopic (exact) mass is 392 g/mol. The number of rotatable bonds is 6. The molecule has 2 N–H and O–H groups in total. The number of benzene rings is 1. The summed E-state index contributed by atoms with van der Waals surface area (Å²) in [4.78, 5) is 23.9. The van der Waals surface area contributed by atoms with Crippen molar-refractivity contribution in [2.75, 3.05) is 7.11 Å². The zero-order chi connectivity index (χ0) is 20.0. The first-order chi connectivity index (χ1) is 12.7. The lowest BCUT2D eigenvalue weighted by Gasteiger charge is -2.20. The second-order valence-electron chi connectivity index (χ2n) is 6.94. The summed E-state index contributed by atoms with van der Waals surface area (Å²) in [5.74, 6) is 0.785. The predicted molar refractivity (Wildman–Crippen MR) is 102 cm³/mol. The first-order valence-electron chi connectivity index (χ1n) is 8.41. The van der Waals surface area contributed by atoms with Crippen LogP contribution in [0.15, 0.2) is 33.9 Å². The topological polar surface area (TPSA) is 106 Å². The number of imide groups is 1. The number of hydrogen-bond donors (Lipinski definition) is 2. The fraction of sp³-hybridized carbons (Fsp3) is 0.444. The number of amides is 3. The van der Waals surface area contributed by atoms with Crippen molar-refractivity contribution in [3.63, 3.8) is 0 Å². The second kappa shape index (κ2) is 8.90. The molecule has 0 fully saturated rings. The molecule has 27 heavy (non-hydrogen) atoms. The molecule has 2 rings (SSSR count). The van der Waals surface area contributed by atoms with E-state index in [4.69, 9.17) is 9.15 Å². The molecule has 0 radical (unpaired) electrons. The Balaban J connectivity index is 1.88. The van der Waals surface area contributed by atoms with Gasteiger partial charge in [-0.1, -0.05) is 23.9 Å². The highest BCUT2D eigenvalue weighted by molar-refractivity contribution is 8.00. The van der Waals surface area contributed by atoms with Crippen LogP contribution in [-0.2, 0) is 11.2 Å². The quantitative estimate of drug-likeness (QED) is 0.728. The Bertz CT molecular complexity index is 783. The van der Waals surface area contributed by atoms with E-state index in [1.807, 2.05) is 45.0 Å². The van der Waals surface area contributed by atoms with Gasteiger partial charge < -0.3 is 14.5 Å². The molecular weight excluding hydrogens is 368 g/mol. The van der Waals surface area contributed by atoms with Crippen LogP contribution in [0.3, 0.4) is 0 Å². The van der Waals surface area contributed by atoms with E-state index < -0.39 is 22.7 Å². The first-order valence-corrected chi connectivity index (χ1v) is 9.29. The number of carbonyl (C=O) groups excluding carboxylic acids is 2. The summed E-state index contributed by atoms with van der Waals surface area (Å²) in [7, 11) is 1.61. The molecule has 1 atom stereocenters. The number of aromatic nitrogens is 2. The number of hydrogen-bond acceptors (Lipinski definition) is 7. The molecule has 0 spiro atoms. The van der Waals surface area contributed by atoms with Gasteiger partial charge in [0.2, 0.25) is 11.8 Å². The highest BCUT2D eigenvalue weighted by Gasteiger charge is 2.22. The smallest absolute Gasteiger partial charge is 0.321 e. The predicted octanol–water partition coefficient (Wildman–Crippen LogP) is 2.77. The van der Waals surface area contributed by atoms with Gasteiger partial charge in [-0.25, -0.2) is 4.79 Å². The highest BCUT2D eigenvalue weighted by Crippen LogP contribution is 2.23. The Labute approximate surface area is 162 Å². The van der Waals surface area contributed by atoms with Gasteiger partial charge in [0.25, 0.3) is 5.22 Å². The molecule has 0 unspecified atom stereocenters. The molecule has 0 aliphatic heterocycles. The average Bonchev–Trinajstić information content (AvgIpc) is 3.00. The fourth-order valence-corrected chi connectivity index (χ4v) is 2.77. The van der Waals surface area contributed by atoms with Crippen molar-refractivity contribution < 1.29 is 18.7 Å². The van der Waals surface area contributed by atoms with Crippen molar-refractivity contribution in [1.29, 1.82) is 0 Å². The summed E-state index contributed by atoms with van der Waals surface area (Å²) < 4.78 is 10.7. The van der Waals surface area contributed by atoms with E-state index in [1.165, 1.54) is 0 Å². The number of nitrogens with one attached hydrogen (secondary N) is 2. The standard InChI is InChI=1S/C18H24N4O4S/c1-11(15(23)19-16(24)20-18(2,3)4)27-17-22-21-14(26-17)10-12-6-8-13(25-5)9-7-12/h6-9,11H,10H2,1-5H3,(H2,19,20,23,24)/t11-/m1/s1. The van der Waals surface area contributed by atoms with Gasteiger partial charge in [0, 0.05) is 5.54 Å². The van der Waals surface area contributed by atoms with Crippen molar-refractivity contribution in [2.24, 2.45) is 0 Å². The van der Waals surface area contributed by atoms with E-state index in [2.05, 4.69) is 20.8 Å². The van der Waals surface area contributed by atoms with Crippen molar-refractivity contribution in [1.82, 2.24) is 20.8 Å². The van der Waals surface area contributed by atoms with E-state index in [0.717, 1.165) is 23.1 Å². The van der Waals surface area contributed by atoms with Gasteiger partial charge >= 0.3 is 6.03 Å². The van der Waals surface area contributed by atoms with Crippen LogP contribution in [0, 0.1) is 0 Å². The fourth-order valence-electron chi connectivity index (χ4n) is 2.07. The Morgan fingerprint density at radius 1 is 1.22 bits per heavy atom. The van der Waals surface area contributed by atoms with Crippen LogP contribution in [0.5, 0.6) is 5.75 Å². The van der Waals surface area contributed by atoms with Crippen LogP contribution in [0.2, 0.25) is 0 Å². The van der Waals surface area contributed by atoms with Gasteiger partial charge in [0.1, 0.15) is 5.75 Å². The Hall–Kier alpha value is -2.55. The number of carbonyl (C=O) groups is 2. The Kier molecular flexibility index (Phi) is 6.84. The maximum atomic E-state index is 12.1. The number of methoxy groups -OCH3 is 1. The molecule has 1 aromatic heterocycles. The second-order valence-corrected chi connectivity index (χ2v) is 8.23. The van der Waals surface area contributed by atoms with Crippen LogP contribution in [0.4, 0.5) is 4.79 Å². The maximum absolute atomic E-state index is 12.1. The normalized spacial score (nSPS) is 12.3. The van der Waals surface area contributed by atoms with Gasteiger partial charge in [-0.2, -0.15) is 0 Å². The molecule has 0 aliphatic carbocycles. The molecule has 0 bridgehead atoms. The summed E-state index contributed by atoms with van der Waals surface area (Å²) in [5, 5.41) is 12.6. The molecule has 1 aromatic carbocycles. The van der Waals surface area contributed by atoms with Crippen molar-refractivity contribution in [3.8, 4) is 5.75 Å². The lowest BCUT2D eigenvalue weighted by molar-refractivity contribution is -0.119. The first kappa shape index (κ1) is 20.8. The lowest BCUT2D eigenvalue weighted by atomic mass is 10.1. The van der Waals surface area contributed by atoms with E-state index in [-0.39, 0.29) is 5.22 Å². The molecule has 3 amide bonds. The summed E-state index contributed by atoms with van der Waals surface area (Å²) in [6.07, 6.45) is 0.478. The van der Waals surface area contributed by atoms with E-state index >= 15 is 0 Å². The molecule has 0 saturated carbocycles. The zero-order valence-corrected chi connectivity index (χ0v) is 16.8. The number of urea groups is 1. The molecule has 9 heteroatoms. The summed E-state index contributed by atoms with van der Waals surface area (Å²) in [6, 6.07) is 7.01. The summed E-state index contributed by atoms with van der Waals surface area (Å²) in [5.41, 5.74) is 0.574. The molecule has 1 heterocycles. The van der Waals surface area contributed by atoms with E-state index in [0.29, 0.717) is 12.3 Å². The van der Waals surface area contributed by atoms with Crippen LogP contribution < -0.4 is 15.4 Å². The minimum absolute atomic E-state index is 0.275. The number of nitrogens with zero attached hydrogens (tertiary/aromatic N) is 2. The molecule has 8 nitrogen and oxygen atoms in total. The number of ether oxygens (including phenoxy) is 1. The van der Waals surface area contributed by atoms with Crippen LogP contribution in [0.1, 0.15) is 39.1 Å². The number of thioether (sulfide) groups is 1. The van der Waals surface area contributed by atoms with Crippen molar-refractivity contribution >= 4 is 23.7 Å². The molecule has 0 saturated heterocycles. The van der Waals surface area contributed by atoms with Crippen LogP contribution >= 0.6 is 11.8 Å². The van der Waals surface area contributed by atoms with Crippen molar-refractivity contribution in [2.45, 2.75) is 50.1 Å². The third kappa shape index (κ3) is 6.93. The van der Waals surface area contributed by atoms with Gasteiger partial charge in [-0.15, -0.1) is 10.2 Å². The van der Waals surface area contributed by atoms with Gasteiger partial charge in [-0.3, -0.25) is 10.1 Å². The van der Waals surface area contributed by atoms with Crippen molar-refractivity contribution in [3.05, 3.63) is 35.7 Å². The Morgan fingerprint density at radius 2 is 1.89 bits per heavy atom.